The highest BCUT2D eigenvalue weighted by Crippen LogP contribution is 2.60. The molecule has 4 rings (SSSR count). The van der Waals surface area contributed by atoms with E-state index >= 15 is 4.11 Å². The first-order valence-electron chi connectivity index (χ1n) is 10.8. The summed E-state index contributed by atoms with van der Waals surface area (Å²) in [5.74, 6) is -0.886. The first kappa shape index (κ1) is 24.2. The Balaban J connectivity index is 1.86. The number of aliphatic hydroxyl groups excluding tert-OH is 1. The van der Waals surface area contributed by atoms with Gasteiger partial charge in [-0.3, -0.25) is 14.9 Å². The maximum atomic E-state index is 15.5. The second-order valence-corrected chi connectivity index (χ2v) is 14.3. The van der Waals surface area contributed by atoms with E-state index in [0.29, 0.717) is 11.3 Å². The van der Waals surface area contributed by atoms with Crippen LogP contribution in [0.4, 0.5) is 15.5 Å². The molecule has 7 nitrogen and oxygen atoms in total. The average molecular weight is 584 g/mol. The number of amides is 1. The van der Waals surface area contributed by atoms with E-state index in [-0.39, 0.29) is 31.2 Å². The van der Waals surface area contributed by atoms with Gasteiger partial charge in [-0.1, -0.05) is 19.1 Å². The minimum atomic E-state index is -3.31. The van der Waals surface area contributed by atoms with Gasteiger partial charge in [0.05, 0.1) is 23.3 Å². The second-order valence-electron chi connectivity index (χ2n) is 9.26. The number of halogens is 2. The van der Waals surface area contributed by atoms with Crippen molar-refractivity contribution in [3.05, 3.63) is 67.3 Å². The Morgan fingerprint density at radius 3 is 2.52 bits per heavy atom. The molecule has 1 N–H and O–H groups in total. The van der Waals surface area contributed by atoms with E-state index in [1.165, 1.54) is 12.1 Å². The molecule has 0 aliphatic carbocycles. The third kappa shape index (κ3) is 4.00. The van der Waals surface area contributed by atoms with E-state index in [4.69, 9.17) is 4.74 Å². The lowest BCUT2D eigenvalue weighted by molar-refractivity contribution is -0.385. The molecule has 33 heavy (non-hydrogen) atoms. The van der Waals surface area contributed by atoms with Crippen LogP contribution in [0.15, 0.2) is 42.5 Å². The number of nitro groups is 1. The molecule has 1 fully saturated rings. The Bertz CT molecular complexity index is 1090. The van der Waals surface area contributed by atoms with Crippen LogP contribution >= 0.6 is 22.6 Å². The highest BCUT2D eigenvalue weighted by atomic mass is 127. The van der Waals surface area contributed by atoms with Crippen molar-refractivity contribution in [2.75, 3.05) is 11.5 Å². The maximum Gasteiger partial charge on any atom is 0.269 e. The lowest BCUT2D eigenvalue weighted by Gasteiger charge is -2.31. The number of carbonyl (C=O) groups excluding carboxylic acids is 1. The van der Waals surface area contributed by atoms with Crippen LogP contribution in [0.3, 0.4) is 0 Å². The quantitative estimate of drug-likeness (QED) is 0.171. The number of nitrogens with zero attached hydrogens (tertiary/aromatic N) is 2. The summed E-state index contributed by atoms with van der Waals surface area (Å²) in [7, 11) is -3.31. The van der Waals surface area contributed by atoms with E-state index < -0.39 is 36.5 Å². The molecule has 2 aliphatic rings. The molecule has 1 saturated heterocycles. The van der Waals surface area contributed by atoms with Gasteiger partial charge < -0.3 is 18.9 Å². The monoisotopic (exact) mass is 584 g/mol. The van der Waals surface area contributed by atoms with Crippen molar-refractivity contribution < 1.29 is 23.7 Å². The van der Waals surface area contributed by atoms with Gasteiger partial charge in [0.25, 0.3) is 11.6 Å². The van der Waals surface area contributed by atoms with Gasteiger partial charge in [-0.05, 0) is 65.9 Å². The molecule has 176 valence electrons. The SMILES string of the molecule is C[C@H]1[C@H]([Si](C)(C)F)[C@@H](CCO)O[C@]12C(=O)N(Cc1ccc(I)cc1)c1ccc([N+](=O)[O-])cc12. The van der Waals surface area contributed by atoms with Crippen LogP contribution in [0.5, 0.6) is 0 Å². The fourth-order valence-corrected chi connectivity index (χ4v) is 8.38. The number of hydrogen-bond donors (Lipinski definition) is 1. The second kappa shape index (κ2) is 8.71. The first-order valence-corrected chi connectivity index (χ1v) is 14.9. The Kier molecular flexibility index (Phi) is 6.40. The number of aliphatic hydroxyl groups is 1. The minimum Gasteiger partial charge on any atom is -0.396 e. The predicted molar refractivity (Wildman–Crippen MR) is 133 cm³/mol. The molecule has 2 aromatic rings. The summed E-state index contributed by atoms with van der Waals surface area (Å²) in [5.41, 5.74) is -0.364. The fraction of sp³-hybridized carbons (Fsp3) is 0.435. The smallest absolute Gasteiger partial charge is 0.269 e. The van der Waals surface area contributed by atoms with Crippen molar-refractivity contribution in [3.63, 3.8) is 0 Å². The van der Waals surface area contributed by atoms with Crippen LogP contribution in [-0.4, -0.2) is 37.1 Å². The largest absolute Gasteiger partial charge is 0.396 e. The maximum absolute atomic E-state index is 15.5. The molecule has 0 bridgehead atoms. The van der Waals surface area contributed by atoms with Crippen LogP contribution < -0.4 is 4.90 Å². The molecule has 0 saturated carbocycles. The van der Waals surface area contributed by atoms with Crippen LogP contribution in [0, 0.1) is 19.6 Å². The fourth-order valence-electron chi connectivity index (χ4n) is 5.48. The van der Waals surface area contributed by atoms with Crippen molar-refractivity contribution in [2.45, 2.75) is 50.2 Å². The third-order valence-electron chi connectivity index (χ3n) is 6.82. The summed E-state index contributed by atoms with van der Waals surface area (Å²) in [6.07, 6.45) is -0.447. The Hall–Kier alpha value is -1.89. The topological polar surface area (TPSA) is 92.9 Å². The molecule has 1 spiro atoms. The van der Waals surface area contributed by atoms with Crippen molar-refractivity contribution in [3.8, 4) is 0 Å². The third-order valence-corrected chi connectivity index (χ3v) is 10.00. The summed E-state index contributed by atoms with van der Waals surface area (Å²) in [6.45, 7) is 5.03. The van der Waals surface area contributed by atoms with Gasteiger partial charge in [-0.25, -0.2) is 0 Å². The summed E-state index contributed by atoms with van der Waals surface area (Å²) >= 11 is 2.21. The van der Waals surface area contributed by atoms with E-state index in [9.17, 15) is 20.0 Å². The van der Waals surface area contributed by atoms with Crippen LogP contribution in [-0.2, 0) is 21.7 Å². The number of ether oxygens (including phenoxy) is 1. The lowest BCUT2D eigenvalue weighted by atomic mass is 9.82. The highest BCUT2D eigenvalue weighted by molar-refractivity contribution is 14.1. The van der Waals surface area contributed by atoms with E-state index in [1.807, 2.05) is 24.3 Å². The van der Waals surface area contributed by atoms with Gasteiger partial charge in [0, 0.05) is 39.3 Å². The number of hydrogen-bond acceptors (Lipinski definition) is 5. The number of rotatable bonds is 6. The van der Waals surface area contributed by atoms with Crippen molar-refractivity contribution in [2.24, 2.45) is 5.92 Å². The highest BCUT2D eigenvalue weighted by Gasteiger charge is 2.66. The van der Waals surface area contributed by atoms with Crippen LogP contribution in [0.1, 0.15) is 24.5 Å². The summed E-state index contributed by atoms with van der Waals surface area (Å²) in [6, 6.07) is 12.1. The average Bonchev–Trinajstić information content (AvgIpc) is 3.17. The molecule has 2 heterocycles. The zero-order valence-electron chi connectivity index (χ0n) is 18.6. The molecule has 4 atom stereocenters. The zero-order chi connectivity index (χ0) is 24.1. The number of anilines is 1. The van der Waals surface area contributed by atoms with Gasteiger partial charge in [0.15, 0.2) is 5.60 Å². The number of benzene rings is 2. The Labute approximate surface area is 206 Å². The molecular formula is C23H26FIN2O5Si. The van der Waals surface area contributed by atoms with Gasteiger partial charge >= 0.3 is 0 Å². The molecular weight excluding hydrogens is 558 g/mol. The molecule has 2 aromatic carbocycles. The van der Waals surface area contributed by atoms with Crippen molar-refractivity contribution in [1.29, 1.82) is 0 Å². The molecule has 2 aliphatic heterocycles. The standard InChI is InChI=1S/C23H26FIN2O5Si/c1-14-21(33(2,3)24)20(10-11-28)32-23(14)18-12-17(27(30)31)8-9-19(18)26(22(23)29)13-15-4-6-16(25)7-5-15/h4-9,12,14,20-21,28H,10-11,13H2,1-3H3/t14-,20+,21-,23+/m0/s1. The van der Waals surface area contributed by atoms with E-state index in [2.05, 4.69) is 22.6 Å². The van der Waals surface area contributed by atoms with Crippen LogP contribution in [0.25, 0.3) is 0 Å². The zero-order valence-corrected chi connectivity index (χ0v) is 21.8. The number of fused-ring (bicyclic) bond motifs is 2. The lowest BCUT2D eigenvalue weighted by Crippen LogP contribution is -2.45. The van der Waals surface area contributed by atoms with E-state index in [1.54, 1.807) is 31.0 Å². The molecule has 10 heteroatoms. The number of nitro benzene ring substituents is 1. The number of carbonyl (C=O) groups is 1. The molecule has 0 unspecified atom stereocenters. The summed E-state index contributed by atoms with van der Waals surface area (Å²) in [5, 5.41) is 21.1. The van der Waals surface area contributed by atoms with Gasteiger partial charge in [0.1, 0.15) is 0 Å². The normalized spacial score (nSPS) is 26.8. The Morgan fingerprint density at radius 2 is 1.94 bits per heavy atom. The molecule has 1 amide bonds. The summed E-state index contributed by atoms with van der Waals surface area (Å²) < 4.78 is 22.9. The first-order chi connectivity index (χ1) is 15.5. The molecule has 0 aromatic heterocycles. The number of non-ortho nitro benzene ring substituents is 1. The van der Waals surface area contributed by atoms with Gasteiger partial charge in [-0.15, -0.1) is 0 Å². The predicted octanol–water partition coefficient (Wildman–Crippen LogP) is 4.90. The Morgan fingerprint density at radius 1 is 1.27 bits per heavy atom. The molecule has 0 radical (unpaired) electrons. The minimum absolute atomic E-state index is 0.147. The van der Waals surface area contributed by atoms with Crippen molar-refractivity contribution >= 4 is 48.3 Å². The van der Waals surface area contributed by atoms with Crippen molar-refractivity contribution in [1.82, 2.24) is 0 Å². The van der Waals surface area contributed by atoms with E-state index in [0.717, 1.165) is 9.13 Å². The van der Waals surface area contributed by atoms with Crippen LogP contribution in [0.2, 0.25) is 18.6 Å². The van der Waals surface area contributed by atoms with Gasteiger partial charge in [-0.2, -0.15) is 0 Å². The summed E-state index contributed by atoms with van der Waals surface area (Å²) in [4.78, 5) is 26.7. The van der Waals surface area contributed by atoms with Gasteiger partial charge in [0.2, 0.25) is 8.41 Å².